The molecule has 1 amide bonds. The van der Waals surface area contributed by atoms with Crippen LogP contribution in [-0.2, 0) is 25.5 Å². The van der Waals surface area contributed by atoms with Gasteiger partial charge in [0.1, 0.15) is 29.9 Å². The number of nitrogens with zero attached hydrogens (tertiary/aromatic N) is 3. The monoisotopic (exact) mass is 629 g/mol. The van der Waals surface area contributed by atoms with E-state index in [9.17, 15) is 23.2 Å². The number of aldehydes is 1. The normalized spacial score (nSPS) is 29.6. The molecule has 0 unspecified atom stereocenters. The first-order chi connectivity index (χ1) is 21.3. The molecule has 2 fully saturated rings. The molecule has 1 aromatic heterocycles. The van der Waals surface area contributed by atoms with Gasteiger partial charge < -0.3 is 23.9 Å². The largest absolute Gasteiger partial charge is 0.497 e. The van der Waals surface area contributed by atoms with E-state index in [2.05, 4.69) is 0 Å². The third-order valence-corrected chi connectivity index (χ3v) is 9.79. The summed E-state index contributed by atoms with van der Waals surface area (Å²) in [6, 6.07) is 4.69. The number of carbonyl (C=O) groups excluding carboxylic acids is 3. The minimum absolute atomic E-state index is 0.135. The summed E-state index contributed by atoms with van der Waals surface area (Å²) in [7, 11) is 1.58. The van der Waals surface area contributed by atoms with Crippen LogP contribution >= 0.6 is 0 Å². The van der Waals surface area contributed by atoms with Crippen LogP contribution in [0.15, 0.2) is 18.2 Å². The van der Waals surface area contributed by atoms with Gasteiger partial charge in [0.25, 0.3) is 5.92 Å². The fraction of sp³-hybridized carbons (Fsp3) is 0.676. The Bertz CT molecular complexity index is 1410. The molecule has 246 valence electrons. The molecule has 3 heterocycles. The molecule has 2 aromatic rings. The molecular weight excluding hydrogens is 584 g/mol. The molecular formula is C34H45F2N3O6. The first kappa shape index (κ1) is 33.0. The third-order valence-electron chi connectivity index (χ3n) is 9.79. The lowest BCUT2D eigenvalue weighted by atomic mass is 9.77. The van der Waals surface area contributed by atoms with Crippen LogP contribution in [0, 0.1) is 23.2 Å². The highest BCUT2D eigenvalue weighted by atomic mass is 19.3. The molecule has 1 saturated heterocycles. The molecule has 0 spiro atoms. The van der Waals surface area contributed by atoms with Crippen molar-refractivity contribution >= 4 is 29.2 Å². The fourth-order valence-electron chi connectivity index (χ4n) is 7.23. The maximum absolute atomic E-state index is 14.5. The molecule has 1 saturated carbocycles. The van der Waals surface area contributed by atoms with Crippen LogP contribution in [0.3, 0.4) is 0 Å². The number of hydrogen-bond acceptors (Lipinski definition) is 8. The molecule has 9 nitrogen and oxygen atoms in total. The van der Waals surface area contributed by atoms with Gasteiger partial charge in [0.05, 0.1) is 43.1 Å². The minimum Gasteiger partial charge on any atom is -0.497 e. The number of benzene rings is 1. The minimum atomic E-state index is -2.90. The van der Waals surface area contributed by atoms with Gasteiger partial charge in [-0.1, -0.05) is 40.5 Å². The summed E-state index contributed by atoms with van der Waals surface area (Å²) in [5.74, 6) is -4.53. The average molecular weight is 630 g/mol. The van der Waals surface area contributed by atoms with E-state index in [4.69, 9.17) is 24.2 Å². The zero-order chi connectivity index (χ0) is 32.5. The molecule has 11 heteroatoms. The van der Waals surface area contributed by atoms with Gasteiger partial charge in [-0.25, -0.2) is 18.7 Å². The lowest BCUT2D eigenvalue weighted by Crippen LogP contribution is -2.46. The zero-order valence-electron chi connectivity index (χ0n) is 26.9. The van der Waals surface area contributed by atoms with E-state index in [0.717, 1.165) is 19.1 Å². The summed E-state index contributed by atoms with van der Waals surface area (Å²) in [6.07, 6.45) is 2.10. The number of methoxy groups -OCH3 is 1. The molecule has 2 bridgehead atoms. The summed E-state index contributed by atoms with van der Waals surface area (Å²) in [5, 5.41) is 0. The smallest absolute Gasteiger partial charge is 0.306 e. The molecule has 1 aliphatic carbocycles. The predicted molar refractivity (Wildman–Crippen MR) is 163 cm³/mol. The van der Waals surface area contributed by atoms with Crippen molar-refractivity contribution in [3.63, 3.8) is 0 Å². The Labute approximate surface area is 263 Å². The van der Waals surface area contributed by atoms with Crippen LogP contribution < -0.4 is 9.47 Å². The summed E-state index contributed by atoms with van der Waals surface area (Å²) in [5.41, 5.74) is 1.29. The van der Waals surface area contributed by atoms with E-state index < -0.39 is 53.8 Å². The number of carbonyl (C=O) groups is 3. The van der Waals surface area contributed by atoms with Gasteiger partial charge in [-0.2, -0.15) is 0 Å². The van der Waals surface area contributed by atoms with Gasteiger partial charge >= 0.3 is 5.97 Å². The maximum atomic E-state index is 14.5. The molecule has 2 aliphatic heterocycles. The van der Waals surface area contributed by atoms with Crippen LogP contribution in [0.25, 0.3) is 11.0 Å². The molecule has 5 rings (SSSR count). The standard InChI is InChI=1S/C34H45F2N3O6/c1-6-22-27(19-40)39-18-29(22)45-31-25(37-24-13-12-21(43-5)14-26(24)38-31)11-9-7-8-10-20-16-34(35,36)17-28(20)44-30(41)15-23(32(39)42)33(2,3)4/h12-14,19-20,22-23,27-29H,6-11,15-18H2,1-5H3/t20-,22+,23-,27-,28-,29+/m1/s1. The van der Waals surface area contributed by atoms with E-state index in [-0.39, 0.29) is 31.2 Å². The Hall–Kier alpha value is -3.37. The van der Waals surface area contributed by atoms with E-state index in [1.165, 1.54) is 4.90 Å². The second kappa shape index (κ2) is 13.2. The molecule has 6 atom stereocenters. The third kappa shape index (κ3) is 7.22. The van der Waals surface area contributed by atoms with E-state index in [1.807, 2.05) is 39.8 Å². The van der Waals surface area contributed by atoms with Gasteiger partial charge in [0.2, 0.25) is 11.8 Å². The van der Waals surface area contributed by atoms with Crippen LogP contribution in [0.4, 0.5) is 8.78 Å². The Kier molecular flexibility index (Phi) is 9.65. The zero-order valence-corrected chi connectivity index (χ0v) is 26.9. The number of alkyl halides is 2. The number of amides is 1. The Balaban J connectivity index is 1.53. The van der Waals surface area contributed by atoms with E-state index in [0.29, 0.717) is 54.0 Å². The highest BCUT2D eigenvalue weighted by Gasteiger charge is 2.50. The number of fused-ring (bicyclic) bond motifs is 5. The highest BCUT2D eigenvalue weighted by Crippen LogP contribution is 2.44. The van der Waals surface area contributed by atoms with Crippen molar-refractivity contribution in [3.8, 4) is 11.6 Å². The molecule has 0 N–H and O–H groups in total. The van der Waals surface area contributed by atoms with Crippen molar-refractivity contribution < 1.29 is 37.4 Å². The Morgan fingerprint density at radius 2 is 1.84 bits per heavy atom. The second-order valence-electron chi connectivity index (χ2n) is 14.0. The second-order valence-corrected chi connectivity index (χ2v) is 14.0. The first-order valence-electron chi connectivity index (χ1n) is 16.2. The average Bonchev–Trinajstić information content (AvgIpc) is 3.48. The van der Waals surface area contributed by atoms with Gasteiger partial charge in [0, 0.05) is 30.7 Å². The van der Waals surface area contributed by atoms with Crippen molar-refractivity contribution in [3.05, 3.63) is 23.9 Å². The molecule has 1 aromatic carbocycles. The quantitative estimate of drug-likeness (QED) is 0.303. The number of hydrogen-bond donors (Lipinski definition) is 0. The lowest BCUT2D eigenvalue weighted by Gasteiger charge is -2.34. The lowest BCUT2D eigenvalue weighted by molar-refractivity contribution is -0.158. The van der Waals surface area contributed by atoms with Crippen molar-refractivity contribution in [2.24, 2.45) is 23.2 Å². The Morgan fingerprint density at radius 3 is 2.53 bits per heavy atom. The van der Waals surface area contributed by atoms with Crippen LogP contribution in [-0.4, -0.2) is 70.9 Å². The first-order valence-corrected chi connectivity index (χ1v) is 16.2. The fourth-order valence-corrected chi connectivity index (χ4v) is 7.23. The SMILES string of the molecule is CC[C@@H]1[C@@H]2CN(C(=O)[C@H](C(C)(C)C)CC(=O)O[C@@H]3CC(F)(F)C[C@H]3CCCCCc3nc4ccc(OC)cc4nc3O2)[C@@H]1C=O. The number of halogens is 2. The van der Waals surface area contributed by atoms with Gasteiger partial charge in [-0.15, -0.1) is 0 Å². The van der Waals surface area contributed by atoms with Gasteiger partial charge in [-0.05, 0) is 43.2 Å². The molecule has 45 heavy (non-hydrogen) atoms. The van der Waals surface area contributed by atoms with E-state index >= 15 is 0 Å². The number of rotatable bonds is 3. The maximum Gasteiger partial charge on any atom is 0.306 e. The molecule has 3 aliphatic rings. The van der Waals surface area contributed by atoms with Crippen molar-refractivity contribution in [2.45, 2.75) is 110 Å². The van der Waals surface area contributed by atoms with Gasteiger partial charge in [-0.3, -0.25) is 9.59 Å². The van der Waals surface area contributed by atoms with Crippen molar-refractivity contribution in [1.82, 2.24) is 14.9 Å². The number of esters is 1. The number of ether oxygens (including phenoxy) is 3. The van der Waals surface area contributed by atoms with Crippen molar-refractivity contribution in [2.75, 3.05) is 13.7 Å². The summed E-state index contributed by atoms with van der Waals surface area (Å²) >= 11 is 0. The van der Waals surface area contributed by atoms with Crippen molar-refractivity contribution in [1.29, 1.82) is 0 Å². The predicted octanol–water partition coefficient (Wildman–Crippen LogP) is 5.95. The summed E-state index contributed by atoms with van der Waals surface area (Å²) < 4.78 is 46.7. The molecule has 0 radical (unpaired) electrons. The van der Waals surface area contributed by atoms with Crippen LogP contribution in [0.5, 0.6) is 11.6 Å². The van der Waals surface area contributed by atoms with Crippen LogP contribution in [0.2, 0.25) is 0 Å². The number of aryl methyl sites for hydroxylation is 1. The Morgan fingerprint density at radius 1 is 1.07 bits per heavy atom. The topological polar surface area (TPSA) is 108 Å². The van der Waals surface area contributed by atoms with Crippen LogP contribution in [0.1, 0.15) is 84.8 Å². The highest BCUT2D eigenvalue weighted by molar-refractivity contribution is 5.87. The summed E-state index contributed by atoms with van der Waals surface area (Å²) in [6.45, 7) is 7.64. The summed E-state index contributed by atoms with van der Waals surface area (Å²) in [4.78, 5) is 51.2. The van der Waals surface area contributed by atoms with E-state index in [1.54, 1.807) is 13.2 Å². The number of aromatic nitrogens is 2. The van der Waals surface area contributed by atoms with Gasteiger partial charge in [0.15, 0.2) is 0 Å².